The third-order valence-electron chi connectivity index (χ3n) is 4.43. The number of thiophene rings is 1. The van der Waals surface area contributed by atoms with E-state index in [-0.39, 0.29) is 22.4 Å². The van der Waals surface area contributed by atoms with Gasteiger partial charge in [0.2, 0.25) is 11.7 Å². The SMILES string of the molecule is CC(C)(C)C(=O)NCc1ccc(C(=O)COC(=O)CN=C2NS(=O)(=O)c3ccccc32)s1. The predicted octanol–water partition coefficient (Wildman–Crippen LogP) is 1.87. The number of benzene rings is 1. The number of fused-ring (bicyclic) bond motifs is 1. The van der Waals surface area contributed by atoms with Gasteiger partial charge in [0.15, 0.2) is 6.61 Å². The molecule has 1 aliphatic rings. The number of nitrogens with zero attached hydrogens (tertiary/aromatic N) is 1. The van der Waals surface area contributed by atoms with Crippen molar-refractivity contribution in [3.8, 4) is 0 Å². The van der Waals surface area contributed by atoms with Crippen molar-refractivity contribution in [1.82, 2.24) is 10.0 Å². The summed E-state index contributed by atoms with van der Waals surface area (Å²) in [5.41, 5.74) is -0.130. The molecular weight excluding hydrogens is 454 g/mol. The molecule has 1 amide bonds. The Morgan fingerprint density at radius 2 is 1.84 bits per heavy atom. The van der Waals surface area contributed by atoms with Gasteiger partial charge in [0.25, 0.3) is 10.0 Å². The molecule has 0 unspecified atom stereocenters. The quantitative estimate of drug-likeness (QED) is 0.462. The molecule has 3 rings (SSSR count). The lowest BCUT2D eigenvalue weighted by Gasteiger charge is -2.17. The largest absolute Gasteiger partial charge is 0.456 e. The molecule has 0 fully saturated rings. The van der Waals surface area contributed by atoms with Crippen molar-refractivity contribution >= 4 is 44.9 Å². The minimum Gasteiger partial charge on any atom is -0.456 e. The standard InChI is InChI=1S/C21H23N3O6S2/c1-21(2,3)20(27)23-10-13-8-9-16(31-13)15(25)12-30-18(26)11-22-19-14-6-4-5-7-17(14)32(28,29)24-19/h4-9H,10-12H2,1-3H3,(H,22,24)(H,23,27). The Balaban J connectivity index is 1.51. The molecule has 2 N–H and O–H groups in total. The van der Waals surface area contributed by atoms with E-state index in [1.54, 1.807) is 30.3 Å². The van der Waals surface area contributed by atoms with Gasteiger partial charge in [-0.2, -0.15) is 0 Å². The number of esters is 1. The van der Waals surface area contributed by atoms with Gasteiger partial charge < -0.3 is 10.1 Å². The first-order valence-electron chi connectivity index (χ1n) is 9.70. The highest BCUT2D eigenvalue weighted by atomic mass is 32.2. The van der Waals surface area contributed by atoms with E-state index >= 15 is 0 Å². The molecule has 2 heterocycles. The molecule has 11 heteroatoms. The summed E-state index contributed by atoms with van der Waals surface area (Å²) in [6, 6.07) is 9.63. The Bertz CT molecular complexity index is 1190. The zero-order valence-corrected chi connectivity index (χ0v) is 19.4. The van der Waals surface area contributed by atoms with Crippen molar-refractivity contribution in [3.05, 3.63) is 51.7 Å². The minimum atomic E-state index is -3.69. The minimum absolute atomic E-state index is 0.0593. The Labute approximate surface area is 189 Å². The molecule has 0 atom stereocenters. The zero-order chi connectivity index (χ0) is 23.5. The van der Waals surface area contributed by atoms with Crippen LogP contribution >= 0.6 is 11.3 Å². The molecule has 9 nitrogen and oxygen atoms in total. The van der Waals surface area contributed by atoms with Crippen LogP contribution < -0.4 is 10.0 Å². The van der Waals surface area contributed by atoms with Gasteiger partial charge in [-0.05, 0) is 24.3 Å². The number of hydrogen-bond acceptors (Lipinski definition) is 8. The summed E-state index contributed by atoms with van der Waals surface area (Å²) in [7, 11) is -3.69. The second-order valence-electron chi connectivity index (χ2n) is 8.05. The highest BCUT2D eigenvalue weighted by molar-refractivity contribution is 7.90. The normalized spacial score (nSPS) is 15.7. The van der Waals surface area contributed by atoms with Gasteiger partial charge in [-0.1, -0.05) is 32.9 Å². The van der Waals surface area contributed by atoms with Crippen molar-refractivity contribution in [1.29, 1.82) is 0 Å². The molecule has 0 bridgehead atoms. The summed E-state index contributed by atoms with van der Waals surface area (Å²) in [6.45, 7) is 4.85. The first-order valence-corrected chi connectivity index (χ1v) is 12.0. The van der Waals surface area contributed by atoms with Gasteiger partial charge in [0.1, 0.15) is 12.4 Å². The summed E-state index contributed by atoms with van der Waals surface area (Å²) in [6.07, 6.45) is 0. The maximum atomic E-state index is 12.3. The fourth-order valence-corrected chi connectivity index (χ4v) is 4.84. The van der Waals surface area contributed by atoms with Crippen LogP contribution in [-0.2, 0) is 30.9 Å². The summed E-state index contributed by atoms with van der Waals surface area (Å²) in [5.74, 6) is -1.18. The fraction of sp³-hybridized carbons (Fsp3) is 0.333. The average Bonchev–Trinajstić information content (AvgIpc) is 3.31. The number of aliphatic imine (C=N–C) groups is 1. The summed E-state index contributed by atoms with van der Waals surface area (Å²) < 4.78 is 31.3. The number of carbonyl (C=O) groups excluding carboxylic acids is 3. The number of Topliss-reactive ketones (excluding diaryl/α,β-unsaturated/α-hetero) is 1. The highest BCUT2D eigenvalue weighted by Gasteiger charge is 2.30. The van der Waals surface area contributed by atoms with E-state index in [0.717, 1.165) is 4.88 Å². The molecule has 0 aliphatic carbocycles. The third kappa shape index (κ3) is 5.60. The van der Waals surface area contributed by atoms with E-state index < -0.39 is 34.6 Å². The van der Waals surface area contributed by atoms with Gasteiger partial charge in [-0.15, -0.1) is 11.3 Å². The van der Waals surface area contributed by atoms with Gasteiger partial charge in [-0.3, -0.25) is 24.1 Å². The molecule has 2 aromatic rings. The van der Waals surface area contributed by atoms with Crippen LogP contribution in [0.5, 0.6) is 0 Å². The molecule has 1 aliphatic heterocycles. The van der Waals surface area contributed by atoms with Gasteiger partial charge in [0.05, 0.1) is 16.3 Å². The second kappa shape index (κ2) is 9.21. The highest BCUT2D eigenvalue weighted by Crippen LogP contribution is 2.22. The fourth-order valence-electron chi connectivity index (χ4n) is 2.71. The lowest BCUT2D eigenvalue weighted by Crippen LogP contribution is -2.34. The van der Waals surface area contributed by atoms with Gasteiger partial charge in [-0.25, -0.2) is 8.42 Å². The maximum Gasteiger partial charge on any atom is 0.328 e. The van der Waals surface area contributed by atoms with Gasteiger partial charge >= 0.3 is 5.97 Å². The van der Waals surface area contributed by atoms with Crippen LogP contribution in [0.4, 0.5) is 0 Å². The van der Waals surface area contributed by atoms with Crippen molar-refractivity contribution in [2.45, 2.75) is 32.2 Å². The first kappa shape index (κ1) is 23.6. The molecule has 0 saturated heterocycles. The number of amides is 1. The monoisotopic (exact) mass is 477 g/mol. The molecule has 170 valence electrons. The number of hydrogen-bond donors (Lipinski definition) is 2. The molecule has 0 spiro atoms. The molecule has 1 aromatic carbocycles. The lowest BCUT2D eigenvalue weighted by molar-refractivity contribution is -0.140. The summed E-state index contributed by atoms with van der Waals surface area (Å²) in [5, 5.41) is 2.81. The van der Waals surface area contributed by atoms with E-state index in [9.17, 15) is 22.8 Å². The Hall–Kier alpha value is -3.05. The number of nitrogens with one attached hydrogen (secondary N) is 2. The number of sulfonamides is 1. The number of rotatable bonds is 7. The van der Waals surface area contributed by atoms with Crippen LogP contribution in [0.1, 0.15) is 40.9 Å². The maximum absolute atomic E-state index is 12.3. The van der Waals surface area contributed by atoms with Crippen LogP contribution in [0.2, 0.25) is 0 Å². The topological polar surface area (TPSA) is 131 Å². The Morgan fingerprint density at radius 1 is 1.12 bits per heavy atom. The number of amidine groups is 1. The van der Waals surface area contributed by atoms with Crippen LogP contribution in [0, 0.1) is 5.41 Å². The summed E-state index contributed by atoms with van der Waals surface area (Å²) in [4.78, 5) is 41.5. The smallest absolute Gasteiger partial charge is 0.328 e. The third-order valence-corrected chi connectivity index (χ3v) is 6.96. The van der Waals surface area contributed by atoms with Crippen LogP contribution in [0.15, 0.2) is 46.3 Å². The van der Waals surface area contributed by atoms with Crippen LogP contribution in [0.25, 0.3) is 0 Å². The van der Waals surface area contributed by atoms with Crippen molar-refractivity contribution in [2.24, 2.45) is 10.4 Å². The zero-order valence-electron chi connectivity index (χ0n) is 17.8. The van der Waals surface area contributed by atoms with Gasteiger partial charge in [0, 0.05) is 15.9 Å². The van der Waals surface area contributed by atoms with E-state index in [4.69, 9.17) is 4.74 Å². The molecule has 32 heavy (non-hydrogen) atoms. The molecule has 1 aromatic heterocycles. The van der Waals surface area contributed by atoms with E-state index in [2.05, 4.69) is 15.0 Å². The molecular formula is C21H23N3O6S2. The lowest BCUT2D eigenvalue weighted by atomic mass is 9.96. The van der Waals surface area contributed by atoms with E-state index in [1.165, 1.54) is 17.4 Å². The van der Waals surface area contributed by atoms with E-state index in [0.29, 0.717) is 17.0 Å². The Kier molecular flexibility index (Phi) is 6.79. The average molecular weight is 478 g/mol. The second-order valence-corrected chi connectivity index (χ2v) is 10.9. The van der Waals surface area contributed by atoms with Crippen molar-refractivity contribution in [3.63, 3.8) is 0 Å². The molecule has 0 radical (unpaired) electrons. The summed E-state index contributed by atoms with van der Waals surface area (Å²) >= 11 is 1.21. The number of ketones is 1. The van der Waals surface area contributed by atoms with E-state index in [1.807, 2.05) is 20.8 Å². The van der Waals surface area contributed by atoms with Crippen LogP contribution in [-0.4, -0.2) is 45.1 Å². The number of ether oxygens (including phenoxy) is 1. The number of carbonyl (C=O) groups is 3. The Morgan fingerprint density at radius 3 is 2.56 bits per heavy atom. The van der Waals surface area contributed by atoms with Crippen LogP contribution in [0.3, 0.4) is 0 Å². The molecule has 0 saturated carbocycles. The predicted molar refractivity (Wildman–Crippen MR) is 119 cm³/mol. The van der Waals surface area contributed by atoms with Crippen molar-refractivity contribution < 1.29 is 27.5 Å². The first-order chi connectivity index (χ1) is 15.0. The van der Waals surface area contributed by atoms with Crippen molar-refractivity contribution in [2.75, 3.05) is 13.2 Å².